The minimum atomic E-state index is -4.62. The summed E-state index contributed by atoms with van der Waals surface area (Å²) in [6.45, 7) is 0. The minimum absolute atomic E-state index is 0.145. The van der Waals surface area contributed by atoms with Crippen LogP contribution >= 0.6 is 11.6 Å². The molecule has 0 fully saturated rings. The van der Waals surface area contributed by atoms with E-state index >= 15 is 0 Å². The van der Waals surface area contributed by atoms with Gasteiger partial charge in [0.05, 0.1) is 16.3 Å². The van der Waals surface area contributed by atoms with Crippen LogP contribution in [0.4, 0.5) is 18.9 Å². The third kappa shape index (κ3) is 3.88. The summed E-state index contributed by atoms with van der Waals surface area (Å²) in [5, 5.41) is 4.05. The first-order chi connectivity index (χ1) is 11.7. The van der Waals surface area contributed by atoms with Crippen molar-refractivity contribution in [2.45, 2.75) is 11.9 Å². The highest BCUT2D eigenvalue weighted by Gasteiger charge is 2.31. The van der Waals surface area contributed by atoms with Gasteiger partial charge in [0.1, 0.15) is 11.4 Å². The van der Waals surface area contributed by atoms with Gasteiger partial charge in [-0.1, -0.05) is 28.9 Å². The Labute approximate surface area is 145 Å². The van der Waals surface area contributed by atoms with Crippen LogP contribution in [0.2, 0.25) is 5.02 Å². The molecule has 0 spiro atoms. The first-order valence-corrected chi connectivity index (χ1v) is 8.89. The van der Waals surface area contributed by atoms with Gasteiger partial charge in [0.15, 0.2) is 5.58 Å². The lowest BCUT2D eigenvalue weighted by atomic mass is 10.2. The number of halogens is 4. The topological polar surface area (TPSA) is 72.2 Å². The van der Waals surface area contributed by atoms with Crippen molar-refractivity contribution in [2.24, 2.45) is 0 Å². The Morgan fingerprint density at radius 2 is 1.88 bits per heavy atom. The van der Waals surface area contributed by atoms with E-state index < -0.39 is 27.5 Å². The standard InChI is InChI=1S/C15H10ClF3N2O3S/c16-11-6-5-9(15(17,18)19)7-12(11)21-25(22,23)8-13-10-3-1-2-4-14(10)24-20-13/h1-7,21H,8H2. The van der Waals surface area contributed by atoms with Gasteiger partial charge in [-0.3, -0.25) is 4.72 Å². The normalized spacial score (nSPS) is 12.5. The summed E-state index contributed by atoms with van der Waals surface area (Å²) in [7, 11) is -4.06. The third-order valence-electron chi connectivity index (χ3n) is 3.34. The van der Waals surface area contributed by atoms with E-state index in [0.29, 0.717) is 17.0 Å². The van der Waals surface area contributed by atoms with Crippen molar-refractivity contribution in [1.82, 2.24) is 5.16 Å². The predicted molar refractivity (Wildman–Crippen MR) is 86.7 cm³/mol. The summed E-state index contributed by atoms with van der Waals surface area (Å²) in [6, 6.07) is 9.03. The van der Waals surface area contributed by atoms with E-state index in [1.54, 1.807) is 24.3 Å². The third-order valence-corrected chi connectivity index (χ3v) is 4.85. The van der Waals surface area contributed by atoms with Crippen molar-refractivity contribution in [2.75, 3.05) is 4.72 Å². The zero-order chi connectivity index (χ0) is 18.2. The number of hydrogen-bond donors (Lipinski definition) is 1. The fraction of sp³-hybridized carbons (Fsp3) is 0.133. The maximum Gasteiger partial charge on any atom is 0.416 e. The molecule has 1 N–H and O–H groups in total. The van der Waals surface area contributed by atoms with Gasteiger partial charge in [-0.2, -0.15) is 13.2 Å². The van der Waals surface area contributed by atoms with Crippen LogP contribution in [0.3, 0.4) is 0 Å². The number of para-hydroxylation sites is 1. The summed E-state index contributed by atoms with van der Waals surface area (Å²) in [5.74, 6) is -0.573. The Hall–Kier alpha value is -2.26. The highest BCUT2D eigenvalue weighted by Crippen LogP contribution is 2.34. The van der Waals surface area contributed by atoms with Crippen LogP contribution < -0.4 is 4.72 Å². The molecule has 0 radical (unpaired) electrons. The predicted octanol–water partition coefficient (Wildman–Crippen LogP) is 4.44. The largest absolute Gasteiger partial charge is 0.416 e. The lowest BCUT2D eigenvalue weighted by Crippen LogP contribution is -2.16. The van der Waals surface area contributed by atoms with Crippen LogP contribution in [-0.2, 0) is 22.0 Å². The van der Waals surface area contributed by atoms with Gasteiger partial charge >= 0.3 is 6.18 Å². The molecule has 10 heteroatoms. The first kappa shape index (κ1) is 17.6. The number of nitrogens with one attached hydrogen (secondary N) is 1. The van der Waals surface area contributed by atoms with Gasteiger partial charge in [0.2, 0.25) is 10.0 Å². The van der Waals surface area contributed by atoms with Crippen LogP contribution in [0.25, 0.3) is 11.0 Å². The van der Waals surface area contributed by atoms with Crippen molar-refractivity contribution in [3.8, 4) is 0 Å². The maximum atomic E-state index is 12.8. The maximum absolute atomic E-state index is 12.8. The average Bonchev–Trinajstić information content (AvgIpc) is 2.91. The Kier molecular flexibility index (Phi) is 4.38. The first-order valence-electron chi connectivity index (χ1n) is 6.86. The van der Waals surface area contributed by atoms with E-state index in [9.17, 15) is 21.6 Å². The molecule has 1 aromatic heterocycles. The molecule has 3 aromatic rings. The Morgan fingerprint density at radius 1 is 1.16 bits per heavy atom. The van der Waals surface area contributed by atoms with Gasteiger partial charge in [0.25, 0.3) is 0 Å². The van der Waals surface area contributed by atoms with E-state index in [1.807, 2.05) is 0 Å². The number of anilines is 1. The molecule has 0 unspecified atom stereocenters. The Bertz CT molecular complexity index is 1030. The van der Waals surface area contributed by atoms with Crippen LogP contribution in [0.15, 0.2) is 47.0 Å². The van der Waals surface area contributed by atoms with Crippen LogP contribution in [-0.4, -0.2) is 13.6 Å². The molecule has 0 bridgehead atoms. The quantitative estimate of drug-likeness (QED) is 0.714. The summed E-state index contributed by atoms with van der Waals surface area (Å²) in [4.78, 5) is 0. The van der Waals surface area contributed by atoms with Crippen LogP contribution in [0.1, 0.15) is 11.3 Å². The van der Waals surface area contributed by atoms with Crippen molar-refractivity contribution in [3.05, 3.63) is 58.7 Å². The van der Waals surface area contributed by atoms with Gasteiger partial charge < -0.3 is 4.52 Å². The lowest BCUT2D eigenvalue weighted by Gasteiger charge is -2.12. The van der Waals surface area contributed by atoms with Crippen molar-refractivity contribution in [3.63, 3.8) is 0 Å². The molecule has 0 atom stereocenters. The molecule has 0 amide bonds. The van der Waals surface area contributed by atoms with Crippen LogP contribution in [0, 0.1) is 0 Å². The molecule has 5 nitrogen and oxygen atoms in total. The van der Waals surface area contributed by atoms with Gasteiger partial charge in [-0.25, -0.2) is 8.42 Å². The molecule has 1 heterocycles. The van der Waals surface area contributed by atoms with E-state index in [4.69, 9.17) is 16.1 Å². The van der Waals surface area contributed by atoms with Gasteiger partial charge in [-0.15, -0.1) is 0 Å². The lowest BCUT2D eigenvalue weighted by molar-refractivity contribution is -0.137. The molecule has 0 saturated heterocycles. The van der Waals surface area contributed by atoms with E-state index in [2.05, 4.69) is 9.88 Å². The van der Waals surface area contributed by atoms with E-state index in [0.717, 1.165) is 12.1 Å². The second kappa shape index (κ2) is 6.23. The minimum Gasteiger partial charge on any atom is -0.356 e. The number of benzene rings is 2. The van der Waals surface area contributed by atoms with E-state index in [-0.39, 0.29) is 16.4 Å². The van der Waals surface area contributed by atoms with Crippen molar-refractivity contribution in [1.29, 1.82) is 0 Å². The molecule has 0 saturated carbocycles. The monoisotopic (exact) mass is 390 g/mol. The second-order valence-electron chi connectivity index (χ2n) is 5.18. The van der Waals surface area contributed by atoms with Crippen molar-refractivity contribution >= 4 is 38.3 Å². The van der Waals surface area contributed by atoms with Gasteiger partial charge in [-0.05, 0) is 30.3 Å². The molecule has 2 aromatic carbocycles. The second-order valence-corrected chi connectivity index (χ2v) is 7.31. The van der Waals surface area contributed by atoms with Gasteiger partial charge in [0, 0.05) is 5.39 Å². The summed E-state index contributed by atoms with van der Waals surface area (Å²) in [6.07, 6.45) is -4.62. The molecule has 3 rings (SSSR count). The average molecular weight is 391 g/mol. The number of hydrogen-bond acceptors (Lipinski definition) is 4. The number of rotatable bonds is 4. The molecule has 25 heavy (non-hydrogen) atoms. The van der Waals surface area contributed by atoms with Crippen molar-refractivity contribution < 1.29 is 26.1 Å². The highest BCUT2D eigenvalue weighted by atomic mass is 35.5. The Morgan fingerprint density at radius 3 is 2.60 bits per heavy atom. The number of alkyl halides is 3. The summed E-state index contributed by atoms with van der Waals surface area (Å²) < 4.78 is 70.0. The molecular formula is C15H10ClF3N2O3S. The number of nitrogens with zero attached hydrogens (tertiary/aromatic N) is 1. The Balaban J connectivity index is 1.89. The van der Waals surface area contributed by atoms with E-state index in [1.165, 1.54) is 0 Å². The van der Waals surface area contributed by atoms with Crippen LogP contribution in [0.5, 0.6) is 0 Å². The SMILES string of the molecule is O=S(=O)(Cc1noc2ccccc12)Nc1cc(C(F)(F)F)ccc1Cl. The fourth-order valence-corrected chi connectivity index (χ4v) is 3.57. The summed E-state index contributed by atoms with van der Waals surface area (Å²) in [5.41, 5.74) is -0.818. The number of fused-ring (bicyclic) bond motifs is 1. The number of sulfonamides is 1. The zero-order valence-electron chi connectivity index (χ0n) is 12.3. The smallest absolute Gasteiger partial charge is 0.356 e. The fourth-order valence-electron chi connectivity index (χ4n) is 2.21. The molecular weight excluding hydrogens is 381 g/mol. The molecule has 0 aliphatic carbocycles. The molecule has 0 aliphatic heterocycles. The number of aromatic nitrogens is 1. The molecule has 132 valence electrons. The highest BCUT2D eigenvalue weighted by molar-refractivity contribution is 7.91. The molecule has 0 aliphatic rings. The zero-order valence-corrected chi connectivity index (χ0v) is 13.9. The summed E-state index contributed by atoms with van der Waals surface area (Å²) >= 11 is 5.80.